The van der Waals surface area contributed by atoms with Crippen LogP contribution in [0.15, 0.2) is 0 Å². The minimum atomic E-state index is 1.28. The highest BCUT2D eigenvalue weighted by Crippen LogP contribution is 2.88. The minimum absolute atomic E-state index is 1.28. The maximum atomic E-state index is 1.65. The highest BCUT2D eigenvalue weighted by Gasteiger charge is 2.83. The van der Waals surface area contributed by atoms with Gasteiger partial charge in [0.25, 0.3) is 0 Å². The molecule has 5 rings (SSSR count). The third kappa shape index (κ3) is 0.202. The molecule has 5 saturated carbocycles. The zero-order valence-electron chi connectivity index (χ0n) is 6.03. The summed E-state index contributed by atoms with van der Waals surface area (Å²) in [5, 5.41) is 0. The standard InChI is InChI=1S/C10H12/c1-3-4(1)8-7(3)9-5-2-6(5)10(8)9/h3-10H,1-2H2/t3-,4-,5-,6+,7?,8?,9?,10?/m1/s1. The molecule has 0 spiro atoms. The van der Waals surface area contributed by atoms with Crippen molar-refractivity contribution in [1.82, 2.24) is 0 Å². The van der Waals surface area contributed by atoms with E-state index in [-0.39, 0.29) is 0 Å². The summed E-state index contributed by atoms with van der Waals surface area (Å²) in [6.45, 7) is 0. The first-order chi connectivity index (χ1) is 4.97. The molecule has 10 heavy (non-hydrogen) atoms. The summed E-state index contributed by atoms with van der Waals surface area (Å²) in [7, 11) is 0. The fraction of sp³-hybridized carbons (Fsp3) is 1.00. The van der Waals surface area contributed by atoms with E-state index in [4.69, 9.17) is 0 Å². The summed E-state index contributed by atoms with van der Waals surface area (Å²) < 4.78 is 0. The molecule has 0 aromatic heterocycles. The molecule has 0 aliphatic heterocycles. The molecule has 0 amide bonds. The third-order valence-corrected chi connectivity index (χ3v) is 5.54. The van der Waals surface area contributed by atoms with Crippen molar-refractivity contribution in [2.75, 3.05) is 0 Å². The summed E-state index contributed by atoms with van der Waals surface area (Å²) in [6.07, 6.45) is 3.31. The van der Waals surface area contributed by atoms with E-state index in [0.717, 1.165) is 0 Å². The van der Waals surface area contributed by atoms with Crippen molar-refractivity contribution in [2.24, 2.45) is 47.3 Å². The van der Waals surface area contributed by atoms with Crippen LogP contribution in [0.4, 0.5) is 0 Å². The third-order valence-electron chi connectivity index (χ3n) is 5.54. The Kier molecular flexibility index (Phi) is 0.352. The molecule has 0 nitrogen and oxygen atoms in total. The van der Waals surface area contributed by atoms with Gasteiger partial charge >= 0.3 is 0 Å². The second kappa shape index (κ2) is 0.852. The molecule has 0 radical (unpaired) electrons. The van der Waals surface area contributed by atoms with Crippen molar-refractivity contribution < 1.29 is 0 Å². The van der Waals surface area contributed by atoms with E-state index in [1.54, 1.807) is 12.8 Å². The van der Waals surface area contributed by atoms with Crippen LogP contribution in [0.5, 0.6) is 0 Å². The predicted molar refractivity (Wildman–Crippen MR) is 37.2 cm³/mol. The average Bonchev–Trinajstić information content (AvgIpc) is 2.65. The molecule has 4 unspecified atom stereocenters. The highest BCUT2D eigenvalue weighted by atomic mass is 14.9. The Hall–Kier alpha value is 0. The molecule has 0 aromatic carbocycles. The molecule has 8 atom stereocenters. The summed E-state index contributed by atoms with van der Waals surface area (Å²) in [5.74, 6) is 10.4. The van der Waals surface area contributed by atoms with E-state index in [9.17, 15) is 0 Å². The van der Waals surface area contributed by atoms with Crippen molar-refractivity contribution in [3.05, 3.63) is 0 Å². The van der Waals surface area contributed by atoms with E-state index in [1.165, 1.54) is 47.3 Å². The molecule has 5 aliphatic carbocycles. The Labute approximate surface area is 61.0 Å². The van der Waals surface area contributed by atoms with Crippen LogP contribution in [0.25, 0.3) is 0 Å². The van der Waals surface area contributed by atoms with Gasteiger partial charge in [-0.2, -0.15) is 0 Å². The molecular weight excluding hydrogens is 120 g/mol. The SMILES string of the molecule is C1[C@@H]2C3C(C4C3[C@@H]3C[C@@H]43)[C@H]12. The Morgan fingerprint density at radius 1 is 0.500 bits per heavy atom. The maximum absolute atomic E-state index is 1.65. The smallest absolute Gasteiger partial charge is 0.0315 e. The van der Waals surface area contributed by atoms with Gasteiger partial charge in [-0.3, -0.25) is 0 Å². The lowest BCUT2D eigenvalue weighted by molar-refractivity contribution is -0.183. The zero-order chi connectivity index (χ0) is 6.03. The van der Waals surface area contributed by atoms with Crippen LogP contribution < -0.4 is 0 Å². The summed E-state index contributed by atoms with van der Waals surface area (Å²) in [4.78, 5) is 0. The Balaban J connectivity index is 1.67. The van der Waals surface area contributed by atoms with Crippen LogP contribution in [0.3, 0.4) is 0 Å². The lowest BCUT2D eigenvalue weighted by atomic mass is 9.39. The molecule has 5 aliphatic rings. The first kappa shape index (κ1) is 4.13. The van der Waals surface area contributed by atoms with Crippen LogP contribution in [0.1, 0.15) is 12.8 Å². The quantitative estimate of drug-likeness (QED) is 0.441. The van der Waals surface area contributed by atoms with Gasteiger partial charge in [0.05, 0.1) is 0 Å². The van der Waals surface area contributed by atoms with Gasteiger partial charge in [-0.25, -0.2) is 0 Å². The molecule has 0 aromatic rings. The molecular formula is C10H12. The van der Waals surface area contributed by atoms with Gasteiger partial charge in [0, 0.05) is 0 Å². The van der Waals surface area contributed by atoms with Gasteiger partial charge in [0.2, 0.25) is 0 Å². The second-order valence-electron chi connectivity index (χ2n) is 5.44. The molecule has 52 valence electrons. The zero-order valence-corrected chi connectivity index (χ0v) is 6.03. The summed E-state index contributed by atoms with van der Waals surface area (Å²) >= 11 is 0. The van der Waals surface area contributed by atoms with Crippen molar-refractivity contribution in [1.29, 1.82) is 0 Å². The number of hydrogen-bond donors (Lipinski definition) is 0. The Morgan fingerprint density at radius 3 is 1.10 bits per heavy atom. The van der Waals surface area contributed by atoms with Crippen LogP contribution in [0, 0.1) is 47.3 Å². The van der Waals surface area contributed by atoms with Crippen LogP contribution >= 0.6 is 0 Å². The number of hydrogen-bond acceptors (Lipinski definition) is 0. The molecule has 0 bridgehead atoms. The monoisotopic (exact) mass is 132 g/mol. The largest absolute Gasteiger partial charge is 0.0465 e. The average molecular weight is 132 g/mol. The van der Waals surface area contributed by atoms with E-state index >= 15 is 0 Å². The van der Waals surface area contributed by atoms with Crippen LogP contribution in [-0.4, -0.2) is 0 Å². The fourth-order valence-electron chi connectivity index (χ4n) is 5.12. The first-order valence-electron chi connectivity index (χ1n) is 4.97. The van der Waals surface area contributed by atoms with Gasteiger partial charge in [0.15, 0.2) is 0 Å². The van der Waals surface area contributed by atoms with Crippen LogP contribution in [0.2, 0.25) is 0 Å². The second-order valence-corrected chi connectivity index (χ2v) is 5.44. The van der Waals surface area contributed by atoms with Gasteiger partial charge < -0.3 is 0 Å². The molecule has 0 heteroatoms. The lowest BCUT2D eigenvalue weighted by Crippen LogP contribution is -2.62. The molecule has 0 saturated heterocycles. The van der Waals surface area contributed by atoms with Crippen molar-refractivity contribution in [3.63, 3.8) is 0 Å². The molecule has 5 fully saturated rings. The topological polar surface area (TPSA) is 0 Å². The molecule has 0 heterocycles. The van der Waals surface area contributed by atoms with Crippen molar-refractivity contribution in [3.8, 4) is 0 Å². The van der Waals surface area contributed by atoms with Crippen LogP contribution in [-0.2, 0) is 0 Å². The summed E-state index contributed by atoms with van der Waals surface area (Å²) in [5.41, 5.74) is 0. The van der Waals surface area contributed by atoms with Crippen molar-refractivity contribution in [2.45, 2.75) is 12.8 Å². The fourth-order valence-corrected chi connectivity index (χ4v) is 5.12. The van der Waals surface area contributed by atoms with E-state index in [0.29, 0.717) is 0 Å². The van der Waals surface area contributed by atoms with E-state index < -0.39 is 0 Å². The van der Waals surface area contributed by atoms with Crippen molar-refractivity contribution >= 4 is 0 Å². The molecule has 0 N–H and O–H groups in total. The van der Waals surface area contributed by atoms with E-state index in [1.807, 2.05) is 0 Å². The lowest BCUT2D eigenvalue weighted by Gasteiger charge is -2.65. The van der Waals surface area contributed by atoms with E-state index in [2.05, 4.69) is 0 Å². The highest BCUT2D eigenvalue weighted by molar-refractivity contribution is 5.31. The first-order valence-corrected chi connectivity index (χ1v) is 4.97. The van der Waals surface area contributed by atoms with Gasteiger partial charge in [-0.1, -0.05) is 0 Å². The Morgan fingerprint density at radius 2 is 0.800 bits per heavy atom. The predicted octanol–water partition coefficient (Wildman–Crippen LogP) is 1.76. The van der Waals surface area contributed by atoms with Gasteiger partial charge in [-0.05, 0) is 60.2 Å². The van der Waals surface area contributed by atoms with Gasteiger partial charge in [0.1, 0.15) is 0 Å². The maximum Gasteiger partial charge on any atom is -0.0315 e. The van der Waals surface area contributed by atoms with Gasteiger partial charge in [-0.15, -0.1) is 0 Å². The number of rotatable bonds is 0. The minimum Gasteiger partial charge on any atom is -0.0465 e. The normalized spacial score (nSPS) is 91.2. The Bertz CT molecular complexity index is 186. The number of fused-ring (bicyclic) bond motifs is 10. The summed E-state index contributed by atoms with van der Waals surface area (Å²) in [6, 6.07) is 0.